The van der Waals surface area contributed by atoms with Gasteiger partial charge in [0.1, 0.15) is 11.5 Å². The van der Waals surface area contributed by atoms with Crippen LogP contribution >= 0.6 is 0 Å². The van der Waals surface area contributed by atoms with E-state index in [2.05, 4.69) is 97.1 Å². The van der Waals surface area contributed by atoms with Crippen molar-refractivity contribution in [2.75, 3.05) is 0 Å². The van der Waals surface area contributed by atoms with Gasteiger partial charge in [-0.25, -0.2) is 0 Å². The van der Waals surface area contributed by atoms with Gasteiger partial charge in [0.25, 0.3) is 0 Å². The quantitative estimate of drug-likeness (QED) is 0.199. The molecule has 0 amide bonds. The second kappa shape index (κ2) is 11.7. The molecular weight excluding hydrogens is 572 g/mol. The van der Waals surface area contributed by atoms with Gasteiger partial charge in [-0.1, -0.05) is 109 Å². The third-order valence-electron chi connectivity index (χ3n) is 8.82. The van der Waals surface area contributed by atoms with Crippen molar-refractivity contribution in [1.82, 2.24) is 0 Å². The van der Waals surface area contributed by atoms with Crippen LogP contribution in [0.3, 0.4) is 0 Å². The van der Waals surface area contributed by atoms with E-state index in [1.54, 1.807) is 0 Å². The summed E-state index contributed by atoms with van der Waals surface area (Å²) in [6, 6.07) is 58.1. The van der Waals surface area contributed by atoms with Crippen LogP contribution in [0.5, 0.6) is 11.5 Å². The molecule has 0 bridgehead atoms. The summed E-state index contributed by atoms with van der Waals surface area (Å²) in [5.74, 6) is 1.53. The van der Waals surface area contributed by atoms with E-state index in [9.17, 15) is 10.5 Å². The van der Waals surface area contributed by atoms with Gasteiger partial charge < -0.3 is 4.74 Å². The van der Waals surface area contributed by atoms with E-state index in [0.717, 1.165) is 78.3 Å². The average molecular weight is 599 g/mol. The highest BCUT2D eigenvalue weighted by Gasteiger charge is 2.22. The summed E-state index contributed by atoms with van der Waals surface area (Å²) in [6.45, 7) is 0. The Labute approximate surface area is 273 Å². The number of para-hydroxylation sites is 2. The molecule has 0 fully saturated rings. The number of ether oxygens (including phenoxy) is 1. The molecule has 7 aromatic rings. The molecule has 0 N–H and O–H groups in total. The molecule has 0 spiro atoms. The summed E-state index contributed by atoms with van der Waals surface area (Å²) in [7, 11) is 0. The SMILES string of the molecule is N#Cc1ccc(-c2ccc3c(c2)-c2ccccc2Oc2ccccc2-c2cc(-c4ccc(C#N)cc4)ccc2-c2ccccc2-3)cc1. The van der Waals surface area contributed by atoms with Crippen molar-refractivity contribution in [3.8, 4) is 90.4 Å². The zero-order chi connectivity index (χ0) is 31.7. The highest BCUT2D eigenvalue weighted by molar-refractivity contribution is 5.99. The molecule has 0 unspecified atom stereocenters. The van der Waals surface area contributed by atoms with Crippen LogP contribution in [0.15, 0.2) is 158 Å². The molecule has 1 heterocycles. The molecule has 8 rings (SSSR count). The molecule has 0 radical (unpaired) electrons. The fourth-order valence-electron chi connectivity index (χ4n) is 6.47. The van der Waals surface area contributed by atoms with Crippen LogP contribution in [0.2, 0.25) is 0 Å². The monoisotopic (exact) mass is 598 g/mol. The van der Waals surface area contributed by atoms with Crippen LogP contribution in [0.25, 0.3) is 66.8 Å². The predicted octanol–water partition coefficient (Wildman–Crippen LogP) is 11.5. The van der Waals surface area contributed by atoms with Crippen molar-refractivity contribution < 1.29 is 4.74 Å². The van der Waals surface area contributed by atoms with Gasteiger partial charge >= 0.3 is 0 Å². The van der Waals surface area contributed by atoms with E-state index >= 15 is 0 Å². The maximum absolute atomic E-state index is 9.35. The number of rotatable bonds is 2. The summed E-state index contributed by atoms with van der Waals surface area (Å²) >= 11 is 0. The topological polar surface area (TPSA) is 56.8 Å². The number of hydrogen-bond donors (Lipinski definition) is 0. The number of hydrogen-bond acceptors (Lipinski definition) is 3. The number of benzene rings is 7. The fourth-order valence-corrected chi connectivity index (χ4v) is 6.47. The molecule has 0 saturated heterocycles. The van der Waals surface area contributed by atoms with Crippen LogP contribution in [-0.4, -0.2) is 0 Å². The highest BCUT2D eigenvalue weighted by Crippen LogP contribution is 2.49. The Morgan fingerprint density at radius 1 is 0.319 bits per heavy atom. The third-order valence-corrected chi connectivity index (χ3v) is 8.82. The molecule has 0 saturated carbocycles. The lowest BCUT2D eigenvalue weighted by Crippen LogP contribution is -1.92. The predicted molar refractivity (Wildman–Crippen MR) is 189 cm³/mol. The minimum absolute atomic E-state index is 0.635. The van der Waals surface area contributed by atoms with Crippen molar-refractivity contribution in [1.29, 1.82) is 10.5 Å². The first-order valence-electron chi connectivity index (χ1n) is 15.5. The zero-order valence-electron chi connectivity index (χ0n) is 25.3. The second-order valence-corrected chi connectivity index (χ2v) is 11.5. The van der Waals surface area contributed by atoms with Crippen LogP contribution in [0.1, 0.15) is 11.1 Å². The van der Waals surface area contributed by atoms with Crippen LogP contribution in [0.4, 0.5) is 0 Å². The number of nitrogens with zero attached hydrogens (tertiary/aromatic N) is 2. The van der Waals surface area contributed by atoms with Crippen molar-refractivity contribution in [3.63, 3.8) is 0 Å². The summed E-state index contributed by atoms with van der Waals surface area (Å²) in [5.41, 5.74) is 14.0. The molecule has 218 valence electrons. The van der Waals surface area contributed by atoms with Crippen molar-refractivity contribution in [2.45, 2.75) is 0 Å². The maximum atomic E-state index is 9.35. The van der Waals surface area contributed by atoms with E-state index < -0.39 is 0 Å². The van der Waals surface area contributed by atoms with Gasteiger partial charge in [-0.2, -0.15) is 10.5 Å². The van der Waals surface area contributed by atoms with Crippen molar-refractivity contribution in [3.05, 3.63) is 169 Å². The third kappa shape index (κ3) is 5.03. The Kier molecular flexibility index (Phi) is 6.92. The van der Waals surface area contributed by atoms with E-state index in [1.165, 1.54) is 0 Å². The summed E-state index contributed by atoms with van der Waals surface area (Å²) < 4.78 is 6.87. The first kappa shape index (κ1) is 27.8. The van der Waals surface area contributed by atoms with Gasteiger partial charge in [-0.3, -0.25) is 0 Å². The lowest BCUT2D eigenvalue weighted by atomic mass is 9.84. The molecule has 47 heavy (non-hydrogen) atoms. The Bertz CT molecular complexity index is 2220. The van der Waals surface area contributed by atoms with E-state index in [0.29, 0.717) is 11.1 Å². The summed E-state index contributed by atoms with van der Waals surface area (Å²) in [4.78, 5) is 0. The van der Waals surface area contributed by atoms with Gasteiger partial charge in [0, 0.05) is 11.1 Å². The van der Waals surface area contributed by atoms with E-state index in [1.807, 2.05) is 72.8 Å². The van der Waals surface area contributed by atoms with Crippen LogP contribution in [-0.2, 0) is 0 Å². The van der Waals surface area contributed by atoms with Gasteiger partial charge in [0.2, 0.25) is 0 Å². The Balaban J connectivity index is 1.42. The second-order valence-electron chi connectivity index (χ2n) is 11.5. The summed E-state index contributed by atoms with van der Waals surface area (Å²) in [5, 5.41) is 18.7. The molecule has 3 nitrogen and oxygen atoms in total. The van der Waals surface area contributed by atoms with Crippen molar-refractivity contribution >= 4 is 0 Å². The van der Waals surface area contributed by atoms with Crippen LogP contribution in [0, 0.1) is 22.7 Å². The molecule has 3 heteroatoms. The van der Waals surface area contributed by atoms with Crippen molar-refractivity contribution in [2.24, 2.45) is 0 Å². The lowest BCUT2D eigenvalue weighted by Gasteiger charge is -2.18. The van der Waals surface area contributed by atoms with Gasteiger partial charge in [-0.05, 0) is 104 Å². The largest absolute Gasteiger partial charge is 0.456 e. The summed E-state index contributed by atoms with van der Waals surface area (Å²) in [6.07, 6.45) is 0. The molecule has 1 aliphatic rings. The highest BCUT2D eigenvalue weighted by atomic mass is 16.5. The Hall–Kier alpha value is -6.68. The Morgan fingerprint density at radius 2 is 0.660 bits per heavy atom. The molecule has 7 aromatic carbocycles. The van der Waals surface area contributed by atoms with E-state index in [-0.39, 0.29) is 0 Å². The molecular formula is C44H26N2O. The molecule has 0 atom stereocenters. The maximum Gasteiger partial charge on any atom is 0.135 e. The Morgan fingerprint density at radius 3 is 1.06 bits per heavy atom. The smallest absolute Gasteiger partial charge is 0.135 e. The molecule has 0 aromatic heterocycles. The van der Waals surface area contributed by atoms with Gasteiger partial charge in [0.05, 0.1) is 23.3 Å². The first-order valence-corrected chi connectivity index (χ1v) is 15.5. The normalized spacial score (nSPS) is 11.1. The van der Waals surface area contributed by atoms with Gasteiger partial charge in [0.15, 0.2) is 0 Å². The van der Waals surface area contributed by atoms with Crippen LogP contribution < -0.4 is 4.74 Å². The van der Waals surface area contributed by atoms with Gasteiger partial charge in [-0.15, -0.1) is 0 Å². The average Bonchev–Trinajstić information content (AvgIpc) is 3.16. The molecule has 1 aliphatic heterocycles. The fraction of sp³-hybridized carbons (Fsp3) is 0. The zero-order valence-corrected chi connectivity index (χ0v) is 25.3. The lowest BCUT2D eigenvalue weighted by molar-refractivity contribution is 0.486. The first-order chi connectivity index (χ1) is 23.2. The number of fused-ring (bicyclic) bond motifs is 9. The minimum Gasteiger partial charge on any atom is -0.456 e. The standard InChI is InChI=1S/C44H26N2O/c45-27-29-13-17-31(18-14-29)33-21-23-37-35-7-1-2-8-36(35)38-24-22-34(32-19-15-30(28-46)16-20-32)26-42(38)40-10-4-6-12-44(40)47-43-11-5-3-9-39(43)41(37)25-33/h1-26H. The van der Waals surface area contributed by atoms with E-state index in [4.69, 9.17) is 4.74 Å². The minimum atomic E-state index is 0.635. The number of nitriles is 2. The molecule has 0 aliphatic carbocycles.